The van der Waals surface area contributed by atoms with Gasteiger partial charge in [-0.25, -0.2) is 0 Å². The van der Waals surface area contributed by atoms with Crippen molar-refractivity contribution in [2.24, 2.45) is 0 Å². The number of nitrogens with zero attached hydrogens (tertiary/aromatic N) is 3. The molecule has 0 atom stereocenters. The molecule has 2 heterocycles. The van der Waals surface area contributed by atoms with Crippen LogP contribution < -0.4 is 9.80 Å². The molecule has 0 unspecified atom stereocenters. The summed E-state index contributed by atoms with van der Waals surface area (Å²) >= 11 is -3.58. The van der Waals surface area contributed by atoms with Crippen LogP contribution >= 0.6 is 19.4 Å². The van der Waals surface area contributed by atoms with E-state index in [1.807, 2.05) is 0 Å². The Hall–Kier alpha value is -1.84. The first kappa shape index (κ1) is 29.6. The average molecular weight is 666 g/mol. The van der Waals surface area contributed by atoms with Crippen LogP contribution in [0.1, 0.15) is 63.8 Å². The van der Waals surface area contributed by atoms with Crippen LogP contribution in [0.5, 0.6) is 0 Å². The van der Waals surface area contributed by atoms with E-state index in [1.54, 1.807) is 0 Å². The van der Waals surface area contributed by atoms with Gasteiger partial charge >= 0.3 is 253 Å². The van der Waals surface area contributed by atoms with Crippen LogP contribution in [0.25, 0.3) is 0 Å². The summed E-state index contributed by atoms with van der Waals surface area (Å²) in [5.41, 5.74) is 12.6. The summed E-state index contributed by atoms with van der Waals surface area (Å²) in [6.45, 7) is 18.2. The molecule has 0 bridgehead atoms. The van der Waals surface area contributed by atoms with Crippen LogP contribution in [0.3, 0.4) is 0 Å². The third kappa shape index (κ3) is 6.17. The van der Waals surface area contributed by atoms with Crippen molar-refractivity contribution in [3.05, 3.63) is 93.0 Å². The monoisotopic (exact) mass is 665 g/mol. The minimum atomic E-state index is -3.58. The molecule has 0 amide bonds. The fourth-order valence-electron chi connectivity index (χ4n) is 6.70. The van der Waals surface area contributed by atoms with Gasteiger partial charge in [-0.2, -0.15) is 0 Å². The van der Waals surface area contributed by atoms with Crippen molar-refractivity contribution in [2.45, 2.75) is 67.3 Å². The molecule has 3 aromatic rings. The molecule has 40 heavy (non-hydrogen) atoms. The van der Waals surface area contributed by atoms with Gasteiger partial charge in [0, 0.05) is 0 Å². The first-order valence-corrected chi connectivity index (χ1v) is 20.8. The summed E-state index contributed by atoms with van der Waals surface area (Å²) in [5.74, 6) is 0. The number of aryl methyl sites for hydroxylation is 6. The Morgan fingerprint density at radius 1 is 0.675 bits per heavy atom. The zero-order chi connectivity index (χ0) is 28.6. The van der Waals surface area contributed by atoms with E-state index in [0.717, 1.165) is 37.1 Å². The molecule has 5 rings (SSSR count). The quantitative estimate of drug-likeness (QED) is 0.254. The number of hydrogen-bond acceptors (Lipinski definition) is 3. The Balaban J connectivity index is 1.72. The fraction of sp³-hybridized carbons (Fsp3) is 0.412. The normalized spacial score (nSPS) is 17.1. The molecule has 2 aliphatic rings. The van der Waals surface area contributed by atoms with E-state index < -0.39 is 11.9 Å². The fourth-order valence-corrected chi connectivity index (χ4v) is 12.8. The topological polar surface area (TPSA) is 9.72 Å². The van der Waals surface area contributed by atoms with Gasteiger partial charge in [0.25, 0.3) is 0 Å². The number of rotatable bonds is 5. The first-order valence-electron chi connectivity index (χ1n) is 14.4. The van der Waals surface area contributed by atoms with Crippen LogP contribution in [0.15, 0.2) is 48.5 Å². The molecule has 3 nitrogen and oxygen atoms in total. The van der Waals surface area contributed by atoms with E-state index in [-0.39, 0.29) is 0 Å². The van der Waals surface area contributed by atoms with E-state index in [1.165, 1.54) is 75.1 Å². The van der Waals surface area contributed by atoms with Gasteiger partial charge in [-0.3, -0.25) is 0 Å². The van der Waals surface area contributed by atoms with Crippen LogP contribution in [-0.2, 0) is 18.4 Å². The van der Waals surface area contributed by atoms with Gasteiger partial charge in [0.2, 0.25) is 0 Å². The Kier molecular flexibility index (Phi) is 9.03. The zero-order valence-electron chi connectivity index (χ0n) is 24.8. The van der Waals surface area contributed by atoms with E-state index in [4.69, 9.17) is 19.4 Å². The summed E-state index contributed by atoms with van der Waals surface area (Å²) < 4.78 is 3.33. The molecule has 0 N–H and O–H groups in total. The average Bonchev–Trinajstić information content (AvgIpc) is 3.29. The Labute approximate surface area is 251 Å². The van der Waals surface area contributed by atoms with Gasteiger partial charge < -0.3 is 0 Å². The molecule has 216 valence electrons. The molecule has 0 spiro atoms. The summed E-state index contributed by atoms with van der Waals surface area (Å²) in [6.07, 6.45) is 3.90. The molecule has 0 aromatic heterocycles. The minimum absolute atomic E-state index is 0.859. The molecule has 2 aliphatic heterocycles. The summed E-state index contributed by atoms with van der Waals surface area (Å²) in [6, 6.07) is 17.8. The maximum atomic E-state index is 7.70. The second-order valence-corrected chi connectivity index (χ2v) is 20.9. The van der Waals surface area contributed by atoms with Crippen molar-refractivity contribution >= 4 is 39.7 Å². The standard InChI is InChI=1S/C21H26N2.C13H17N.2ClH.Ru/c1-14-9-16(3)20(17(4)10-14)22-7-8-23(13-22)21-18(5)11-15(2)12-19(21)6;1-12-7-3-4-8-13(12)11-14-9-5-2-6-10-14;;;/h9-12H,7-8H2,1-6H3;1,3-4,7-8H,2,5-6,9-11H2;2*1H;/q;;;;+2/p-2. The van der Waals surface area contributed by atoms with Gasteiger partial charge in [-0.15, -0.1) is 0 Å². The molecule has 6 heteroatoms. The Bertz CT molecular complexity index is 1420. The predicted molar refractivity (Wildman–Crippen MR) is 173 cm³/mol. The van der Waals surface area contributed by atoms with Crippen molar-refractivity contribution < 1.29 is 11.9 Å². The number of anilines is 2. The zero-order valence-corrected chi connectivity index (χ0v) is 28.1. The molecular formula is C34H43Cl2N3Ru. The van der Waals surface area contributed by atoms with E-state index in [2.05, 4.69) is 109 Å². The second-order valence-electron chi connectivity index (χ2n) is 11.6. The van der Waals surface area contributed by atoms with Gasteiger partial charge in [-0.05, 0) is 0 Å². The Morgan fingerprint density at radius 2 is 1.15 bits per heavy atom. The molecular weight excluding hydrogens is 622 g/mol. The van der Waals surface area contributed by atoms with E-state index >= 15 is 0 Å². The third-order valence-electron chi connectivity index (χ3n) is 8.14. The summed E-state index contributed by atoms with van der Waals surface area (Å²) in [7, 11) is 15.4. The predicted octanol–water partition coefficient (Wildman–Crippen LogP) is 8.25. The van der Waals surface area contributed by atoms with Gasteiger partial charge in [0.05, 0.1) is 0 Å². The van der Waals surface area contributed by atoms with Crippen molar-refractivity contribution in [3.8, 4) is 0 Å². The Morgan fingerprint density at radius 3 is 1.65 bits per heavy atom. The van der Waals surface area contributed by atoms with Crippen LogP contribution in [0, 0.1) is 41.5 Å². The number of benzene rings is 3. The number of hydrogen-bond donors (Lipinski definition) is 0. The third-order valence-corrected chi connectivity index (χ3v) is 13.6. The van der Waals surface area contributed by atoms with Crippen molar-refractivity contribution in [2.75, 3.05) is 36.0 Å². The van der Waals surface area contributed by atoms with Gasteiger partial charge in [0.15, 0.2) is 0 Å². The first-order chi connectivity index (χ1) is 19.0. The van der Waals surface area contributed by atoms with Crippen LogP contribution in [0.2, 0.25) is 0 Å². The molecule has 2 fully saturated rings. The van der Waals surface area contributed by atoms with E-state index in [0.29, 0.717) is 0 Å². The number of halogens is 2. The van der Waals surface area contributed by atoms with Crippen molar-refractivity contribution in [1.82, 2.24) is 4.90 Å². The van der Waals surface area contributed by atoms with Crippen LogP contribution in [0.4, 0.5) is 11.4 Å². The van der Waals surface area contributed by atoms with Crippen LogP contribution in [-0.4, -0.2) is 40.0 Å². The van der Waals surface area contributed by atoms with Gasteiger partial charge in [0.1, 0.15) is 0 Å². The van der Waals surface area contributed by atoms with Gasteiger partial charge in [-0.1, -0.05) is 0 Å². The summed E-state index contributed by atoms with van der Waals surface area (Å²) in [4.78, 5) is 7.46. The molecule has 3 aromatic carbocycles. The number of piperidine rings is 1. The molecule has 0 saturated carbocycles. The SMILES string of the molecule is Cc1cc(C)c(N2CCN(c3c(C)cc(C)cc3C)[C]2=[Ru]([Cl])([Cl])=[CH]c2ccccc2CN2CCCCC2)c(C)c1. The molecule has 0 aliphatic carbocycles. The van der Waals surface area contributed by atoms with Crippen molar-refractivity contribution in [3.63, 3.8) is 0 Å². The van der Waals surface area contributed by atoms with E-state index in [9.17, 15) is 0 Å². The number of likely N-dealkylation sites (tertiary alicyclic amines) is 1. The summed E-state index contributed by atoms with van der Waals surface area (Å²) in [5, 5.41) is 0. The van der Waals surface area contributed by atoms with Crippen molar-refractivity contribution in [1.29, 1.82) is 0 Å². The second kappa shape index (κ2) is 12.2. The maximum absolute atomic E-state index is 7.70. The molecule has 2 saturated heterocycles. The molecule has 0 radical (unpaired) electrons.